The van der Waals surface area contributed by atoms with Crippen LogP contribution >= 0.6 is 0 Å². The number of hydrogen-bond acceptors (Lipinski definition) is 3. The van der Waals surface area contributed by atoms with Gasteiger partial charge in [-0.05, 0) is 24.6 Å². The second-order valence-corrected chi connectivity index (χ2v) is 3.88. The average Bonchev–Trinajstić information content (AvgIpc) is 2.28. The van der Waals surface area contributed by atoms with Gasteiger partial charge in [-0.25, -0.2) is 0 Å². The molecule has 0 saturated carbocycles. The molecule has 16 heavy (non-hydrogen) atoms. The Labute approximate surface area is 96.8 Å². The van der Waals surface area contributed by atoms with Crippen LogP contribution in [0.1, 0.15) is 18.6 Å². The number of methoxy groups -OCH3 is 1. The fraction of sp³-hybridized carbons (Fsp3) is 0.385. The van der Waals surface area contributed by atoms with Gasteiger partial charge in [0.2, 0.25) is 0 Å². The van der Waals surface area contributed by atoms with E-state index >= 15 is 0 Å². The van der Waals surface area contributed by atoms with Crippen molar-refractivity contribution in [3.05, 3.63) is 42.0 Å². The molecule has 3 heteroatoms. The van der Waals surface area contributed by atoms with Crippen LogP contribution in [-0.2, 0) is 0 Å². The predicted octanol–water partition coefficient (Wildman–Crippen LogP) is 1.89. The zero-order valence-electron chi connectivity index (χ0n) is 9.86. The Morgan fingerprint density at radius 3 is 2.56 bits per heavy atom. The van der Waals surface area contributed by atoms with Crippen molar-refractivity contribution >= 4 is 0 Å². The van der Waals surface area contributed by atoms with Crippen LogP contribution in [0.3, 0.4) is 0 Å². The normalized spacial score (nSPS) is 12.2. The summed E-state index contributed by atoms with van der Waals surface area (Å²) in [4.78, 5) is 0. The zero-order chi connectivity index (χ0) is 12.0. The van der Waals surface area contributed by atoms with Crippen LogP contribution in [0, 0.1) is 0 Å². The number of ether oxygens (including phenoxy) is 1. The third-order valence-corrected chi connectivity index (χ3v) is 2.27. The van der Waals surface area contributed by atoms with Crippen molar-refractivity contribution in [3.8, 4) is 5.75 Å². The van der Waals surface area contributed by atoms with Crippen LogP contribution < -0.4 is 10.1 Å². The van der Waals surface area contributed by atoms with Crippen LogP contribution in [0.5, 0.6) is 5.75 Å². The number of aliphatic hydroxyl groups is 1. The first kappa shape index (κ1) is 12.7. The monoisotopic (exact) mass is 221 g/mol. The summed E-state index contributed by atoms with van der Waals surface area (Å²) in [6, 6.07) is 7.42. The third kappa shape index (κ3) is 4.04. The first-order valence-electron chi connectivity index (χ1n) is 5.30. The summed E-state index contributed by atoms with van der Waals surface area (Å²) in [6.07, 6.45) is -0.495. The predicted molar refractivity (Wildman–Crippen MR) is 65.6 cm³/mol. The highest BCUT2D eigenvalue weighted by Crippen LogP contribution is 2.16. The van der Waals surface area contributed by atoms with Crippen LogP contribution in [0.15, 0.2) is 36.4 Å². The van der Waals surface area contributed by atoms with E-state index in [9.17, 15) is 5.11 Å². The van der Waals surface area contributed by atoms with E-state index in [-0.39, 0.29) is 0 Å². The molecule has 0 saturated heterocycles. The molecule has 1 aromatic rings. The number of nitrogens with one attached hydrogen (secondary N) is 1. The van der Waals surface area contributed by atoms with Crippen molar-refractivity contribution < 1.29 is 9.84 Å². The topological polar surface area (TPSA) is 41.5 Å². The van der Waals surface area contributed by atoms with Gasteiger partial charge >= 0.3 is 0 Å². The molecule has 0 amide bonds. The summed E-state index contributed by atoms with van der Waals surface area (Å²) in [5.41, 5.74) is 1.94. The molecule has 0 aliphatic rings. The van der Waals surface area contributed by atoms with Crippen molar-refractivity contribution in [2.75, 3.05) is 20.2 Å². The molecule has 1 rings (SSSR count). The summed E-state index contributed by atoms with van der Waals surface area (Å²) >= 11 is 0. The molecule has 1 aromatic carbocycles. The van der Waals surface area contributed by atoms with Crippen molar-refractivity contribution in [1.82, 2.24) is 5.32 Å². The van der Waals surface area contributed by atoms with Gasteiger partial charge in [-0.1, -0.05) is 24.3 Å². The van der Waals surface area contributed by atoms with Gasteiger partial charge in [0.05, 0.1) is 13.2 Å². The molecule has 0 spiro atoms. The molecule has 1 atom stereocenters. The van der Waals surface area contributed by atoms with Gasteiger partial charge in [-0.15, -0.1) is 0 Å². The average molecular weight is 221 g/mol. The van der Waals surface area contributed by atoms with Gasteiger partial charge in [-0.2, -0.15) is 0 Å². The van der Waals surface area contributed by atoms with E-state index in [0.29, 0.717) is 6.54 Å². The quantitative estimate of drug-likeness (QED) is 0.721. The van der Waals surface area contributed by atoms with Gasteiger partial charge in [0, 0.05) is 13.1 Å². The lowest BCUT2D eigenvalue weighted by molar-refractivity contribution is 0.176. The lowest BCUT2D eigenvalue weighted by Crippen LogP contribution is -2.22. The number of aliphatic hydroxyl groups excluding tert-OH is 1. The first-order chi connectivity index (χ1) is 7.63. The maximum Gasteiger partial charge on any atom is 0.118 e. The van der Waals surface area contributed by atoms with Gasteiger partial charge < -0.3 is 15.2 Å². The molecule has 0 aromatic heterocycles. The van der Waals surface area contributed by atoms with Crippen LogP contribution in [0.4, 0.5) is 0 Å². The molecule has 0 bridgehead atoms. The van der Waals surface area contributed by atoms with Gasteiger partial charge in [0.1, 0.15) is 5.75 Å². The minimum Gasteiger partial charge on any atom is -0.497 e. The summed E-state index contributed by atoms with van der Waals surface area (Å²) in [6.45, 7) is 6.99. The first-order valence-corrected chi connectivity index (χ1v) is 5.30. The maximum absolute atomic E-state index is 9.86. The molecule has 0 fully saturated rings. The minimum absolute atomic E-state index is 0.495. The second-order valence-electron chi connectivity index (χ2n) is 3.88. The fourth-order valence-corrected chi connectivity index (χ4v) is 1.37. The highest BCUT2D eigenvalue weighted by Gasteiger charge is 2.06. The van der Waals surface area contributed by atoms with E-state index in [4.69, 9.17) is 4.74 Å². The van der Waals surface area contributed by atoms with Gasteiger partial charge in [-0.3, -0.25) is 0 Å². The van der Waals surface area contributed by atoms with Crippen LogP contribution in [0.2, 0.25) is 0 Å². The molecular weight excluding hydrogens is 202 g/mol. The Kier molecular flexibility index (Phi) is 5.02. The van der Waals surface area contributed by atoms with Gasteiger partial charge in [0.25, 0.3) is 0 Å². The van der Waals surface area contributed by atoms with E-state index in [1.54, 1.807) is 7.11 Å². The Morgan fingerprint density at radius 1 is 1.44 bits per heavy atom. The molecule has 0 heterocycles. The Hall–Kier alpha value is -1.32. The Bertz CT molecular complexity index is 332. The minimum atomic E-state index is -0.495. The molecule has 3 nitrogen and oxygen atoms in total. The Balaban J connectivity index is 2.45. The van der Waals surface area contributed by atoms with Crippen LogP contribution in [-0.4, -0.2) is 25.3 Å². The van der Waals surface area contributed by atoms with Crippen molar-refractivity contribution in [2.45, 2.75) is 13.0 Å². The largest absolute Gasteiger partial charge is 0.497 e. The van der Waals surface area contributed by atoms with Crippen LogP contribution in [0.25, 0.3) is 0 Å². The summed E-state index contributed by atoms with van der Waals surface area (Å²) < 4.78 is 5.05. The summed E-state index contributed by atoms with van der Waals surface area (Å²) in [5.74, 6) is 0.797. The van der Waals surface area contributed by atoms with Crippen molar-refractivity contribution in [3.63, 3.8) is 0 Å². The lowest BCUT2D eigenvalue weighted by atomic mass is 10.1. The van der Waals surface area contributed by atoms with Crippen molar-refractivity contribution in [1.29, 1.82) is 0 Å². The Morgan fingerprint density at radius 2 is 2.06 bits per heavy atom. The van der Waals surface area contributed by atoms with E-state index in [2.05, 4.69) is 11.9 Å². The molecule has 0 radical (unpaired) electrons. The molecule has 88 valence electrons. The molecule has 1 unspecified atom stereocenters. The molecule has 2 N–H and O–H groups in total. The SMILES string of the molecule is C=C(C)CNCC(O)c1ccc(OC)cc1. The fourth-order valence-electron chi connectivity index (χ4n) is 1.37. The third-order valence-electron chi connectivity index (χ3n) is 2.27. The van der Waals surface area contributed by atoms with E-state index in [1.165, 1.54) is 0 Å². The maximum atomic E-state index is 9.86. The van der Waals surface area contributed by atoms with Crippen molar-refractivity contribution in [2.24, 2.45) is 0 Å². The number of rotatable bonds is 6. The molecule has 0 aliphatic heterocycles. The van der Waals surface area contributed by atoms with Gasteiger partial charge in [0.15, 0.2) is 0 Å². The summed E-state index contributed by atoms with van der Waals surface area (Å²) in [5, 5.41) is 13.0. The van der Waals surface area contributed by atoms with E-state index in [0.717, 1.165) is 23.4 Å². The molecular formula is C13H19NO2. The zero-order valence-corrected chi connectivity index (χ0v) is 9.86. The second kappa shape index (κ2) is 6.30. The highest BCUT2D eigenvalue weighted by molar-refractivity contribution is 5.28. The number of hydrogen-bond donors (Lipinski definition) is 2. The lowest BCUT2D eigenvalue weighted by Gasteiger charge is -2.12. The number of benzene rings is 1. The summed E-state index contributed by atoms with van der Waals surface area (Å²) in [7, 11) is 1.62. The van der Waals surface area contributed by atoms with E-state index in [1.807, 2.05) is 31.2 Å². The molecule has 0 aliphatic carbocycles. The smallest absolute Gasteiger partial charge is 0.118 e. The highest BCUT2D eigenvalue weighted by atomic mass is 16.5. The standard InChI is InChI=1S/C13H19NO2/c1-10(2)8-14-9-13(15)11-4-6-12(16-3)7-5-11/h4-7,13-15H,1,8-9H2,2-3H3. The van der Waals surface area contributed by atoms with E-state index < -0.39 is 6.10 Å².